The van der Waals surface area contributed by atoms with Crippen LogP contribution in [0.3, 0.4) is 0 Å². The molecule has 0 spiro atoms. The van der Waals surface area contributed by atoms with Gasteiger partial charge in [0.05, 0.1) is 24.5 Å². The van der Waals surface area contributed by atoms with E-state index in [-0.39, 0.29) is 16.6 Å². The zero-order valence-electron chi connectivity index (χ0n) is 18.6. The number of halogens is 1. The molecule has 2 aliphatic carbocycles. The summed E-state index contributed by atoms with van der Waals surface area (Å²) in [6.45, 7) is 2.37. The van der Waals surface area contributed by atoms with Gasteiger partial charge in [-0.15, -0.1) is 0 Å². The van der Waals surface area contributed by atoms with Gasteiger partial charge in [0.1, 0.15) is 5.02 Å². The standard InChI is InChI=1S/C25H33ClN4O2/c26-24-23(27-15-18-5-4-14-32-17-18)16-28-30(25(24)31)22-12-10-21(11-13-22)29(20-8-9-20)19-6-2-1-3-7-19/h1-3,6-7,16,18,20-22,27H,4-5,8-15,17H2/t18-,21?,22?/m0/s1. The number of aromatic nitrogens is 2. The fourth-order valence-corrected chi connectivity index (χ4v) is 5.51. The van der Waals surface area contributed by atoms with E-state index in [2.05, 4.69) is 45.6 Å². The van der Waals surface area contributed by atoms with Gasteiger partial charge in [0.2, 0.25) is 0 Å². The molecule has 172 valence electrons. The van der Waals surface area contributed by atoms with E-state index in [1.165, 1.54) is 18.5 Å². The number of hydrogen-bond donors (Lipinski definition) is 1. The molecule has 0 radical (unpaired) electrons. The molecule has 1 aromatic heterocycles. The van der Waals surface area contributed by atoms with Crippen LogP contribution in [-0.4, -0.2) is 41.6 Å². The molecule has 1 aromatic carbocycles. The van der Waals surface area contributed by atoms with Gasteiger partial charge in [-0.2, -0.15) is 5.10 Å². The van der Waals surface area contributed by atoms with Crippen molar-refractivity contribution >= 4 is 23.0 Å². The van der Waals surface area contributed by atoms with Gasteiger partial charge in [-0.05, 0) is 69.4 Å². The van der Waals surface area contributed by atoms with Crippen molar-refractivity contribution in [1.82, 2.24) is 9.78 Å². The monoisotopic (exact) mass is 456 g/mol. The highest BCUT2D eigenvalue weighted by molar-refractivity contribution is 6.32. The molecule has 1 aliphatic heterocycles. The number of ether oxygens (including phenoxy) is 1. The molecule has 5 rings (SSSR count). The lowest BCUT2D eigenvalue weighted by Crippen LogP contribution is -2.41. The molecule has 1 N–H and O–H groups in total. The van der Waals surface area contributed by atoms with Gasteiger partial charge in [0.15, 0.2) is 0 Å². The molecular formula is C25H33ClN4O2. The topological polar surface area (TPSA) is 59.4 Å². The van der Waals surface area contributed by atoms with Crippen LogP contribution in [0.4, 0.5) is 11.4 Å². The van der Waals surface area contributed by atoms with Crippen molar-refractivity contribution < 1.29 is 4.74 Å². The van der Waals surface area contributed by atoms with Crippen LogP contribution in [0.2, 0.25) is 5.02 Å². The van der Waals surface area contributed by atoms with Crippen LogP contribution in [0.15, 0.2) is 41.3 Å². The minimum Gasteiger partial charge on any atom is -0.382 e. The summed E-state index contributed by atoms with van der Waals surface area (Å²) in [6, 6.07) is 12.1. The Morgan fingerprint density at radius 3 is 2.44 bits per heavy atom. The average Bonchev–Trinajstić information content (AvgIpc) is 3.67. The van der Waals surface area contributed by atoms with E-state index < -0.39 is 0 Å². The number of para-hydroxylation sites is 1. The maximum atomic E-state index is 13.0. The molecule has 0 bridgehead atoms. The minimum absolute atomic E-state index is 0.119. The summed E-state index contributed by atoms with van der Waals surface area (Å²) < 4.78 is 7.16. The molecule has 2 aromatic rings. The van der Waals surface area contributed by atoms with Gasteiger partial charge in [-0.3, -0.25) is 4.79 Å². The van der Waals surface area contributed by atoms with Crippen LogP contribution in [0.1, 0.15) is 57.4 Å². The molecule has 0 amide bonds. The van der Waals surface area contributed by atoms with Crippen LogP contribution >= 0.6 is 11.6 Å². The minimum atomic E-state index is -0.179. The van der Waals surface area contributed by atoms with Crippen molar-refractivity contribution in [1.29, 1.82) is 0 Å². The van der Waals surface area contributed by atoms with Crippen molar-refractivity contribution in [2.24, 2.45) is 5.92 Å². The van der Waals surface area contributed by atoms with Gasteiger partial charge >= 0.3 is 0 Å². The quantitative estimate of drug-likeness (QED) is 0.642. The zero-order chi connectivity index (χ0) is 21.9. The van der Waals surface area contributed by atoms with Crippen molar-refractivity contribution in [3.05, 3.63) is 51.9 Å². The third-order valence-electron chi connectivity index (χ3n) is 7.18. The average molecular weight is 457 g/mol. The Morgan fingerprint density at radius 2 is 1.78 bits per heavy atom. The Labute approximate surface area is 194 Å². The van der Waals surface area contributed by atoms with Crippen LogP contribution in [0.25, 0.3) is 0 Å². The number of nitrogens with one attached hydrogen (secondary N) is 1. The zero-order valence-corrected chi connectivity index (χ0v) is 19.3. The summed E-state index contributed by atoms with van der Waals surface area (Å²) >= 11 is 6.47. The summed E-state index contributed by atoms with van der Waals surface area (Å²) in [4.78, 5) is 15.6. The van der Waals surface area contributed by atoms with Gasteiger partial charge in [0.25, 0.3) is 5.56 Å². The number of anilines is 2. The molecule has 32 heavy (non-hydrogen) atoms. The van der Waals surface area contributed by atoms with E-state index in [4.69, 9.17) is 16.3 Å². The molecular weight excluding hydrogens is 424 g/mol. The van der Waals surface area contributed by atoms with E-state index >= 15 is 0 Å². The van der Waals surface area contributed by atoms with Gasteiger partial charge in [0, 0.05) is 30.9 Å². The second-order valence-electron chi connectivity index (χ2n) is 9.52. The summed E-state index contributed by atoms with van der Waals surface area (Å²) in [5.41, 5.74) is 1.79. The predicted octanol–water partition coefficient (Wildman–Crippen LogP) is 4.89. The number of rotatable bonds is 7. The summed E-state index contributed by atoms with van der Waals surface area (Å²) in [5, 5.41) is 8.09. The number of hydrogen-bond acceptors (Lipinski definition) is 5. The molecule has 1 atom stereocenters. The molecule has 3 aliphatic rings. The number of benzene rings is 1. The second kappa shape index (κ2) is 9.84. The highest BCUT2D eigenvalue weighted by Crippen LogP contribution is 2.39. The van der Waals surface area contributed by atoms with Crippen LogP contribution in [0, 0.1) is 5.92 Å². The van der Waals surface area contributed by atoms with E-state index in [0.29, 0.717) is 23.7 Å². The van der Waals surface area contributed by atoms with Crippen molar-refractivity contribution in [3.8, 4) is 0 Å². The number of nitrogens with zero attached hydrogens (tertiary/aromatic N) is 3. The molecule has 0 unspecified atom stereocenters. The lowest BCUT2D eigenvalue weighted by atomic mass is 9.89. The van der Waals surface area contributed by atoms with E-state index in [0.717, 1.165) is 58.3 Å². The van der Waals surface area contributed by atoms with Crippen molar-refractivity contribution in [3.63, 3.8) is 0 Å². The van der Waals surface area contributed by atoms with Crippen LogP contribution in [-0.2, 0) is 4.74 Å². The van der Waals surface area contributed by atoms with E-state index in [1.807, 2.05) is 0 Å². The molecule has 6 nitrogen and oxygen atoms in total. The third-order valence-corrected chi connectivity index (χ3v) is 7.54. The van der Waals surface area contributed by atoms with Gasteiger partial charge < -0.3 is 15.0 Å². The van der Waals surface area contributed by atoms with Gasteiger partial charge in [-0.1, -0.05) is 29.8 Å². The lowest BCUT2D eigenvalue weighted by Gasteiger charge is -2.39. The first kappa shape index (κ1) is 21.8. The summed E-state index contributed by atoms with van der Waals surface area (Å²) in [6.07, 6.45) is 10.6. The Bertz CT molecular complexity index is 948. The van der Waals surface area contributed by atoms with E-state index in [9.17, 15) is 4.79 Å². The molecule has 2 heterocycles. The Morgan fingerprint density at radius 1 is 1.06 bits per heavy atom. The molecule has 1 saturated heterocycles. The largest absolute Gasteiger partial charge is 0.382 e. The van der Waals surface area contributed by atoms with Crippen molar-refractivity contribution in [2.75, 3.05) is 30.0 Å². The Balaban J connectivity index is 1.22. The molecule has 3 fully saturated rings. The summed E-state index contributed by atoms with van der Waals surface area (Å²) in [5.74, 6) is 0.455. The highest BCUT2D eigenvalue weighted by Gasteiger charge is 2.36. The van der Waals surface area contributed by atoms with Crippen LogP contribution < -0.4 is 15.8 Å². The first-order valence-electron chi connectivity index (χ1n) is 12.1. The van der Waals surface area contributed by atoms with Crippen LogP contribution in [0.5, 0.6) is 0 Å². The Hall–Kier alpha value is -2.05. The smallest absolute Gasteiger partial charge is 0.287 e. The summed E-state index contributed by atoms with van der Waals surface area (Å²) in [7, 11) is 0. The maximum Gasteiger partial charge on any atom is 0.287 e. The maximum absolute atomic E-state index is 13.0. The Kier molecular flexibility index (Phi) is 6.69. The van der Waals surface area contributed by atoms with E-state index in [1.54, 1.807) is 10.9 Å². The highest BCUT2D eigenvalue weighted by atomic mass is 35.5. The fourth-order valence-electron chi connectivity index (χ4n) is 5.30. The normalized spacial score (nSPS) is 26.0. The first-order valence-corrected chi connectivity index (χ1v) is 12.5. The van der Waals surface area contributed by atoms with Crippen molar-refractivity contribution in [2.45, 2.75) is 69.5 Å². The predicted molar refractivity (Wildman–Crippen MR) is 129 cm³/mol. The lowest BCUT2D eigenvalue weighted by molar-refractivity contribution is 0.0595. The van der Waals surface area contributed by atoms with Gasteiger partial charge in [-0.25, -0.2) is 4.68 Å². The third kappa shape index (κ3) is 4.81. The fraction of sp³-hybridized carbons (Fsp3) is 0.600. The second-order valence-corrected chi connectivity index (χ2v) is 9.90. The SMILES string of the molecule is O=c1c(Cl)c(NC[C@@H]2CCCOC2)cnn1C1CCC(N(c2ccccc2)C2CC2)CC1. The first-order chi connectivity index (χ1) is 15.7. The molecule has 2 saturated carbocycles. The molecule has 7 heteroatoms.